The van der Waals surface area contributed by atoms with Crippen LogP contribution in [0.3, 0.4) is 0 Å². The van der Waals surface area contributed by atoms with Crippen LogP contribution >= 0.6 is 0 Å². The fraction of sp³-hybridized carbons (Fsp3) is 0.0714. The fourth-order valence-corrected chi connectivity index (χ4v) is 2.77. The Kier molecular flexibility index (Phi) is 4.13. The van der Waals surface area contributed by atoms with Crippen molar-refractivity contribution in [2.24, 2.45) is 0 Å². The van der Waals surface area contributed by atoms with Gasteiger partial charge in [-0.2, -0.15) is 0 Å². The Bertz CT molecular complexity index is 755. The third-order valence-corrected chi connectivity index (χ3v) is 4.17. The summed E-state index contributed by atoms with van der Waals surface area (Å²) < 4.78 is 31.4. The molecule has 0 heterocycles. The van der Waals surface area contributed by atoms with Crippen molar-refractivity contribution in [3.05, 3.63) is 54.1 Å². The van der Waals surface area contributed by atoms with E-state index in [0.717, 1.165) is 0 Å². The third-order valence-electron chi connectivity index (χ3n) is 2.79. The summed E-state index contributed by atoms with van der Waals surface area (Å²) in [5, 5.41) is 0. The highest BCUT2D eigenvalue weighted by atomic mass is 32.2. The molecule has 2 aromatic carbocycles. The molecule has 3 N–H and O–H groups in total. The van der Waals surface area contributed by atoms with Crippen molar-refractivity contribution in [1.29, 1.82) is 0 Å². The van der Waals surface area contributed by atoms with Gasteiger partial charge in [0.2, 0.25) is 0 Å². The molecule has 6 nitrogen and oxygen atoms in total. The largest absolute Gasteiger partial charge is 0.465 e. The van der Waals surface area contributed by atoms with Gasteiger partial charge in [0.05, 0.1) is 28.9 Å². The molecule has 2 rings (SSSR count). The van der Waals surface area contributed by atoms with Crippen molar-refractivity contribution in [1.82, 2.24) is 0 Å². The van der Waals surface area contributed by atoms with Crippen molar-refractivity contribution >= 4 is 27.4 Å². The van der Waals surface area contributed by atoms with E-state index < -0.39 is 16.0 Å². The van der Waals surface area contributed by atoms with E-state index in [2.05, 4.69) is 9.46 Å². The summed E-state index contributed by atoms with van der Waals surface area (Å²) in [5.41, 5.74) is 6.60. The van der Waals surface area contributed by atoms with Crippen LogP contribution in [0.5, 0.6) is 0 Å². The molecule has 7 heteroatoms. The molecule has 0 fully saturated rings. The summed E-state index contributed by atoms with van der Waals surface area (Å²) in [6.45, 7) is 0. The first-order valence-corrected chi connectivity index (χ1v) is 7.48. The van der Waals surface area contributed by atoms with E-state index in [9.17, 15) is 13.2 Å². The molecule has 0 saturated carbocycles. The van der Waals surface area contributed by atoms with Gasteiger partial charge in [-0.3, -0.25) is 4.72 Å². The van der Waals surface area contributed by atoms with Crippen LogP contribution in [-0.2, 0) is 14.8 Å². The molecule has 0 amide bonds. The molecule has 0 aromatic heterocycles. The van der Waals surface area contributed by atoms with Crippen LogP contribution in [0.15, 0.2) is 53.4 Å². The molecule has 0 radical (unpaired) electrons. The number of ether oxygens (including phenoxy) is 1. The Morgan fingerprint density at radius 3 is 2.29 bits per heavy atom. The standard InChI is InChI=1S/C14H14N2O4S/c1-20-14(17)10-6-8-11(9-7-10)21(18,19)16-13-5-3-2-4-12(13)15/h2-9,16H,15H2,1H3. The minimum absolute atomic E-state index is 0.0263. The van der Waals surface area contributed by atoms with Crippen LogP contribution in [0, 0.1) is 0 Å². The van der Waals surface area contributed by atoms with Crippen LogP contribution in [0.25, 0.3) is 0 Å². The zero-order valence-corrected chi connectivity index (χ0v) is 12.1. The Balaban J connectivity index is 2.28. The lowest BCUT2D eigenvalue weighted by atomic mass is 10.2. The number of anilines is 2. The lowest BCUT2D eigenvalue weighted by molar-refractivity contribution is 0.0600. The molecule has 0 spiro atoms. The van der Waals surface area contributed by atoms with Gasteiger partial charge in [-0.15, -0.1) is 0 Å². The number of sulfonamides is 1. The first-order chi connectivity index (χ1) is 9.94. The van der Waals surface area contributed by atoms with E-state index in [-0.39, 0.29) is 10.5 Å². The highest BCUT2D eigenvalue weighted by molar-refractivity contribution is 7.92. The van der Waals surface area contributed by atoms with Gasteiger partial charge in [0.1, 0.15) is 0 Å². The predicted octanol–water partition coefficient (Wildman–Crippen LogP) is 1.86. The minimum Gasteiger partial charge on any atom is -0.465 e. The summed E-state index contributed by atoms with van der Waals surface area (Å²) >= 11 is 0. The SMILES string of the molecule is COC(=O)c1ccc(S(=O)(=O)Nc2ccccc2N)cc1. The topological polar surface area (TPSA) is 98.5 Å². The molecule has 0 atom stereocenters. The van der Waals surface area contributed by atoms with Gasteiger partial charge < -0.3 is 10.5 Å². The number of methoxy groups -OCH3 is 1. The van der Waals surface area contributed by atoms with Crippen molar-refractivity contribution in [3.8, 4) is 0 Å². The molecule has 110 valence electrons. The van der Waals surface area contributed by atoms with Crippen molar-refractivity contribution in [3.63, 3.8) is 0 Å². The number of rotatable bonds is 4. The fourth-order valence-electron chi connectivity index (χ4n) is 1.68. The zero-order valence-electron chi connectivity index (χ0n) is 11.2. The second kappa shape index (κ2) is 5.84. The van der Waals surface area contributed by atoms with E-state index >= 15 is 0 Å². The zero-order chi connectivity index (χ0) is 15.5. The highest BCUT2D eigenvalue weighted by Gasteiger charge is 2.16. The molecule has 2 aromatic rings. The van der Waals surface area contributed by atoms with Gasteiger partial charge in [0.25, 0.3) is 10.0 Å². The highest BCUT2D eigenvalue weighted by Crippen LogP contribution is 2.21. The minimum atomic E-state index is -3.77. The predicted molar refractivity (Wildman–Crippen MR) is 79.4 cm³/mol. The number of nitrogen functional groups attached to an aromatic ring is 1. The van der Waals surface area contributed by atoms with Gasteiger partial charge >= 0.3 is 5.97 Å². The summed E-state index contributed by atoms with van der Waals surface area (Å²) in [5.74, 6) is -0.529. The van der Waals surface area contributed by atoms with Crippen molar-refractivity contribution < 1.29 is 17.9 Å². The number of nitrogens with one attached hydrogen (secondary N) is 1. The number of hydrogen-bond acceptors (Lipinski definition) is 5. The second-order valence-corrected chi connectivity index (χ2v) is 5.89. The quantitative estimate of drug-likeness (QED) is 0.663. The van der Waals surface area contributed by atoms with Crippen molar-refractivity contribution in [2.45, 2.75) is 4.90 Å². The molecule has 0 bridgehead atoms. The Labute approximate surface area is 122 Å². The Hall–Kier alpha value is -2.54. The van der Waals surface area contributed by atoms with Crippen molar-refractivity contribution in [2.75, 3.05) is 17.6 Å². The number of carbonyl (C=O) groups excluding carboxylic acids is 1. The van der Waals surface area contributed by atoms with Crippen LogP contribution in [0.1, 0.15) is 10.4 Å². The molecule has 0 aliphatic rings. The van der Waals surface area contributed by atoms with E-state index in [4.69, 9.17) is 5.73 Å². The first-order valence-electron chi connectivity index (χ1n) is 6.00. The summed E-state index contributed by atoms with van der Waals surface area (Å²) in [6, 6.07) is 12.0. The Morgan fingerprint density at radius 2 is 1.71 bits per heavy atom. The normalized spacial score (nSPS) is 10.9. The molecule has 21 heavy (non-hydrogen) atoms. The third kappa shape index (κ3) is 3.32. The lowest BCUT2D eigenvalue weighted by Gasteiger charge is -2.10. The maximum Gasteiger partial charge on any atom is 0.337 e. The number of carbonyl (C=O) groups is 1. The van der Waals surface area contributed by atoms with Gasteiger partial charge in [-0.05, 0) is 36.4 Å². The van der Waals surface area contributed by atoms with E-state index in [0.29, 0.717) is 11.4 Å². The molecular weight excluding hydrogens is 292 g/mol. The Morgan fingerprint density at radius 1 is 1.10 bits per heavy atom. The molecule has 0 saturated heterocycles. The number of para-hydroxylation sites is 2. The smallest absolute Gasteiger partial charge is 0.337 e. The van der Waals surface area contributed by atoms with E-state index in [1.807, 2.05) is 0 Å². The van der Waals surface area contributed by atoms with E-state index in [1.54, 1.807) is 24.3 Å². The summed E-state index contributed by atoms with van der Waals surface area (Å²) in [7, 11) is -2.51. The van der Waals surface area contributed by atoms with Gasteiger partial charge in [0.15, 0.2) is 0 Å². The first kappa shape index (κ1) is 14.9. The number of benzene rings is 2. The summed E-state index contributed by atoms with van der Waals surface area (Å²) in [6.07, 6.45) is 0. The molecule has 0 unspecified atom stereocenters. The van der Waals surface area contributed by atoms with Gasteiger partial charge in [-0.1, -0.05) is 12.1 Å². The molecule has 0 aliphatic carbocycles. The monoisotopic (exact) mass is 306 g/mol. The van der Waals surface area contributed by atoms with E-state index in [1.165, 1.54) is 31.4 Å². The summed E-state index contributed by atoms with van der Waals surface area (Å²) in [4.78, 5) is 11.3. The van der Waals surface area contributed by atoms with Crippen LogP contribution < -0.4 is 10.5 Å². The number of nitrogens with two attached hydrogens (primary N) is 1. The molecule has 0 aliphatic heterocycles. The van der Waals surface area contributed by atoms with Crippen LogP contribution in [0.2, 0.25) is 0 Å². The second-order valence-electron chi connectivity index (χ2n) is 4.21. The average molecular weight is 306 g/mol. The number of esters is 1. The maximum atomic E-state index is 12.2. The molecular formula is C14H14N2O4S. The average Bonchev–Trinajstić information content (AvgIpc) is 2.49. The van der Waals surface area contributed by atoms with Crippen LogP contribution in [0.4, 0.5) is 11.4 Å². The van der Waals surface area contributed by atoms with Gasteiger partial charge in [0, 0.05) is 0 Å². The lowest BCUT2D eigenvalue weighted by Crippen LogP contribution is -2.14. The van der Waals surface area contributed by atoms with Crippen LogP contribution in [-0.4, -0.2) is 21.5 Å². The number of hydrogen-bond donors (Lipinski definition) is 2. The maximum absolute atomic E-state index is 12.2. The van der Waals surface area contributed by atoms with Gasteiger partial charge in [-0.25, -0.2) is 13.2 Å².